The number of nitrogens with one attached hydrogen (secondary N) is 1. The van der Waals surface area contributed by atoms with Crippen molar-refractivity contribution in [3.63, 3.8) is 0 Å². The molecule has 0 spiro atoms. The molecule has 0 bridgehead atoms. The Morgan fingerprint density at radius 2 is 1.83 bits per heavy atom. The second kappa shape index (κ2) is 9.94. The minimum Gasteiger partial charge on any atom is -0.347 e. The van der Waals surface area contributed by atoms with Crippen molar-refractivity contribution in [3.8, 4) is 0 Å². The number of nitrogens with two attached hydrogens (primary N) is 1. The average molecular weight is 434 g/mol. The van der Waals surface area contributed by atoms with Crippen LogP contribution in [-0.4, -0.2) is 37.0 Å². The van der Waals surface area contributed by atoms with Crippen molar-refractivity contribution in [2.45, 2.75) is 37.6 Å². The summed E-state index contributed by atoms with van der Waals surface area (Å²) in [4.78, 5) is 14.3. The van der Waals surface area contributed by atoms with E-state index < -0.39 is 0 Å². The van der Waals surface area contributed by atoms with E-state index in [1.807, 2.05) is 36.4 Å². The number of hydrogen-bond acceptors (Lipinski definition) is 3. The summed E-state index contributed by atoms with van der Waals surface area (Å²) in [5, 5.41) is 4.37. The first-order valence-electron chi connectivity index (χ1n) is 10.2. The number of halogens is 2. The van der Waals surface area contributed by atoms with Crippen molar-refractivity contribution in [3.05, 3.63) is 69.7 Å². The minimum atomic E-state index is -0.277. The highest BCUT2D eigenvalue weighted by molar-refractivity contribution is 6.42. The third-order valence-electron chi connectivity index (χ3n) is 5.94. The molecule has 0 aliphatic carbocycles. The summed E-state index contributed by atoms with van der Waals surface area (Å²) in [6, 6.07) is 16.1. The number of hydrogen-bond donors (Lipinski definition) is 2. The van der Waals surface area contributed by atoms with Crippen LogP contribution in [0, 0.1) is 0 Å². The Kier molecular flexibility index (Phi) is 7.58. The summed E-state index contributed by atoms with van der Waals surface area (Å²) in [5.41, 5.74) is 8.08. The summed E-state index contributed by atoms with van der Waals surface area (Å²) in [6.45, 7) is 5.01. The van der Waals surface area contributed by atoms with Crippen molar-refractivity contribution in [2.24, 2.45) is 5.73 Å². The molecule has 2 aromatic carbocycles. The lowest BCUT2D eigenvalue weighted by molar-refractivity contribution is -0.121. The first-order chi connectivity index (χ1) is 13.9. The zero-order valence-corrected chi connectivity index (χ0v) is 18.3. The van der Waals surface area contributed by atoms with Gasteiger partial charge in [-0.05, 0) is 61.5 Å². The molecule has 1 aliphatic heterocycles. The molecule has 29 heavy (non-hydrogen) atoms. The molecule has 1 heterocycles. The maximum Gasteiger partial charge on any atom is 0.217 e. The molecule has 1 atom stereocenters. The summed E-state index contributed by atoms with van der Waals surface area (Å²) >= 11 is 12.2. The van der Waals surface area contributed by atoms with Gasteiger partial charge >= 0.3 is 0 Å². The van der Waals surface area contributed by atoms with E-state index in [1.165, 1.54) is 5.56 Å². The zero-order valence-electron chi connectivity index (χ0n) is 16.8. The van der Waals surface area contributed by atoms with Gasteiger partial charge in [0.05, 0.1) is 15.6 Å². The molecule has 156 valence electrons. The molecule has 0 saturated carbocycles. The van der Waals surface area contributed by atoms with Crippen LogP contribution in [0.5, 0.6) is 0 Å². The highest BCUT2D eigenvalue weighted by atomic mass is 35.5. The van der Waals surface area contributed by atoms with Gasteiger partial charge in [0.2, 0.25) is 5.91 Å². The van der Waals surface area contributed by atoms with Crippen molar-refractivity contribution < 1.29 is 4.79 Å². The summed E-state index contributed by atoms with van der Waals surface area (Å²) < 4.78 is 0. The van der Waals surface area contributed by atoms with E-state index >= 15 is 0 Å². The molecule has 6 heteroatoms. The Balaban J connectivity index is 1.62. The number of rotatable bonds is 7. The Bertz CT molecular complexity index is 820. The van der Waals surface area contributed by atoms with Crippen molar-refractivity contribution >= 4 is 29.1 Å². The van der Waals surface area contributed by atoms with Gasteiger partial charge in [-0.2, -0.15) is 0 Å². The average Bonchev–Trinajstić information content (AvgIpc) is 2.72. The zero-order chi connectivity index (χ0) is 20.9. The number of carbonyl (C=O) groups excluding carboxylic acids is 1. The number of carbonyl (C=O) groups is 1. The third-order valence-corrected chi connectivity index (χ3v) is 6.68. The van der Waals surface area contributed by atoms with Crippen molar-refractivity contribution in [1.82, 2.24) is 10.2 Å². The number of piperidine rings is 1. The molecule has 1 aliphatic rings. The van der Waals surface area contributed by atoms with Crippen LogP contribution in [-0.2, 0) is 10.3 Å². The van der Waals surface area contributed by atoms with Gasteiger partial charge in [-0.25, -0.2) is 0 Å². The smallest absolute Gasteiger partial charge is 0.217 e. The van der Waals surface area contributed by atoms with E-state index in [2.05, 4.69) is 22.3 Å². The van der Waals surface area contributed by atoms with Crippen LogP contribution >= 0.6 is 23.2 Å². The molecule has 3 N–H and O–H groups in total. The van der Waals surface area contributed by atoms with E-state index in [4.69, 9.17) is 28.9 Å². The predicted octanol–water partition coefficient (Wildman–Crippen LogP) is 4.55. The lowest BCUT2D eigenvalue weighted by Gasteiger charge is -2.43. The van der Waals surface area contributed by atoms with Crippen LogP contribution in [0.15, 0.2) is 48.5 Å². The number of likely N-dealkylation sites (tertiary alicyclic amines) is 1. The fourth-order valence-electron chi connectivity index (χ4n) is 4.26. The highest BCUT2D eigenvalue weighted by Gasteiger charge is 2.36. The fourth-order valence-corrected chi connectivity index (χ4v) is 4.57. The first-order valence-corrected chi connectivity index (χ1v) is 10.9. The Hall–Kier alpha value is -1.59. The van der Waals surface area contributed by atoms with Crippen molar-refractivity contribution in [1.29, 1.82) is 0 Å². The predicted molar refractivity (Wildman–Crippen MR) is 120 cm³/mol. The Labute approximate surface area is 183 Å². The van der Waals surface area contributed by atoms with E-state index in [0.29, 0.717) is 16.6 Å². The summed E-state index contributed by atoms with van der Waals surface area (Å²) in [6.07, 6.45) is 2.76. The molecule has 0 aromatic heterocycles. The monoisotopic (exact) mass is 433 g/mol. The molecule has 4 nitrogen and oxygen atoms in total. The van der Waals surface area contributed by atoms with Crippen LogP contribution in [0.4, 0.5) is 0 Å². The summed E-state index contributed by atoms with van der Waals surface area (Å²) in [7, 11) is 0. The highest BCUT2D eigenvalue weighted by Crippen LogP contribution is 2.34. The number of benzene rings is 2. The second-order valence-electron chi connectivity index (χ2n) is 7.87. The van der Waals surface area contributed by atoms with Crippen LogP contribution in [0.25, 0.3) is 0 Å². The van der Waals surface area contributed by atoms with Gasteiger partial charge in [-0.15, -0.1) is 0 Å². The van der Waals surface area contributed by atoms with Gasteiger partial charge in [-0.3, -0.25) is 4.79 Å². The van der Waals surface area contributed by atoms with Gasteiger partial charge in [0.15, 0.2) is 0 Å². The van der Waals surface area contributed by atoms with Crippen molar-refractivity contribution in [2.75, 3.05) is 26.2 Å². The molecule has 1 saturated heterocycles. The van der Waals surface area contributed by atoms with E-state index in [1.54, 1.807) is 6.92 Å². The molecule has 2 aromatic rings. The molecular weight excluding hydrogens is 405 g/mol. The molecule has 1 fully saturated rings. The maximum atomic E-state index is 11.9. The molecule has 0 radical (unpaired) electrons. The normalized spacial score (nSPS) is 17.7. The topological polar surface area (TPSA) is 58.4 Å². The molecular formula is C23H29Cl2N3O. The van der Waals surface area contributed by atoms with E-state index in [0.717, 1.165) is 44.5 Å². The standard InChI is InChI=1S/C23H29Cl2N3O/c1-17(29)27-23(20-5-3-2-4-6-20)10-13-28(14-11-23)12-9-19(16-26)18-7-8-21(24)22(25)15-18/h2-8,15,19H,9-14,16,26H2,1H3,(H,27,29). The van der Waals surface area contributed by atoms with Crippen LogP contribution < -0.4 is 11.1 Å². The Morgan fingerprint density at radius 3 is 2.41 bits per heavy atom. The Morgan fingerprint density at radius 1 is 1.14 bits per heavy atom. The third kappa shape index (κ3) is 5.52. The van der Waals surface area contributed by atoms with Gasteiger partial charge in [0.25, 0.3) is 0 Å². The van der Waals surface area contributed by atoms with Gasteiger partial charge in [-0.1, -0.05) is 59.6 Å². The largest absolute Gasteiger partial charge is 0.347 e. The SMILES string of the molecule is CC(=O)NC1(c2ccccc2)CCN(CCC(CN)c2ccc(Cl)c(Cl)c2)CC1. The van der Waals surface area contributed by atoms with Gasteiger partial charge < -0.3 is 16.0 Å². The number of nitrogens with zero attached hydrogens (tertiary/aromatic N) is 1. The molecule has 3 rings (SSSR count). The van der Waals surface area contributed by atoms with E-state index in [-0.39, 0.29) is 17.4 Å². The first kappa shape index (κ1) is 22.1. The number of amides is 1. The lowest BCUT2D eigenvalue weighted by Crippen LogP contribution is -2.52. The van der Waals surface area contributed by atoms with E-state index in [9.17, 15) is 4.79 Å². The second-order valence-corrected chi connectivity index (χ2v) is 8.68. The lowest BCUT2D eigenvalue weighted by atomic mass is 9.80. The summed E-state index contributed by atoms with van der Waals surface area (Å²) in [5.74, 6) is 0.269. The fraction of sp³-hybridized carbons (Fsp3) is 0.435. The van der Waals surface area contributed by atoms with Crippen LogP contribution in [0.2, 0.25) is 10.0 Å². The molecule has 1 amide bonds. The maximum absolute atomic E-state index is 11.9. The quantitative estimate of drug-likeness (QED) is 0.672. The van der Waals surface area contributed by atoms with Crippen LogP contribution in [0.1, 0.15) is 43.2 Å². The van der Waals surface area contributed by atoms with Gasteiger partial charge in [0, 0.05) is 20.0 Å². The van der Waals surface area contributed by atoms with Gasteiger partial charge in [0.1, 0.15) is 0 Å². The minimum absolute atomic E-state index is 0.0186. The van der Waals surface area contributed by atoms with Crippen LogP contribution in [0.3, 0.4) is 0 Å². The molecule has 1 unspecified atom stereocenters.